The highest BCUT2D eigenvalue weighted by Gasteiger charge is 2.42. The Balaban J connectivity index is 1.60. The molecular formula is C21H14F6N6O. The molecule has 2 aromatic carbocycles. The molecule has 0 bridgehead atoms. The fourth-order valence-corrected chi connectivity index (χ4v) is 3.11. The average molecular weight is 480 g/mol. The number of carbonyl (C=O) groups excluding carboxylic acids is 1. The zero-order chi connectivity index (χ0) is 24.7. The first-order valence-corrected chi connectivity index (χ1v) is 9.57. The summed E-state index contributed by atoms with van der Waals surface area (Å²) in [5.74, 6) is -0.214. The molecule has 0 unspecified atom stereocenters. The lowest BCUT2D eigenvalue weighted by molar-refractivity contribution is -0.143. The highest BCUT2D eigenvalue weighted by Crippen LogP contribution is 2.36. The lowest BCUT2D eigenvalue weighted by Crippen LogP contribution is -2.13. The van der Waals surface area contributed by atoms with Gasteiger partial charge >= 0.3 is 12.4 Å². The minimum atomic E-state index is -5.04. The van der Waals surface area contributed by atoms with Crippen LogP contribution in [0, 0.1) is 0 Å². The lowest BCUT2D eigenvalue weighted by Gasteiger charge is -2.10. The number of hydrogen-bond acceptors (Lipinski definition) is 4. The van der Waals surface area contributed by atoms with Crippen molar-refractivity contribution in [3.05, 3.63) is 72.2 Å². The van der Waals surface area contributed by atoms with Crippen molar-refractivity contribution in [1.82, 2.24) is 24.8 Å². The molecule has 176 valence electrons. The van der Waals surface area contributed by atoms with Gasteiger partial charge in [-0.2, -0.15) is 31.4 Å². The highest BCUT2D eigenvalue weighted by molar-refractivity contribution is 5.88. The van der Waals surface area contributed by atoms with Crippen molar-refractivity contribution in [1.29, 1.82) is 0 Å². The van der Waals surface area contributed by atoms with Crippen LogP contribution >= 0.6 is 0 Å². The topological polar surface area (TPSA) is 77.6 Å². The van der Waals surface area contributed by atoms with Crippen molar-refractivity contribution in [3.8, 4) is 22.6 Å². The highest BCUT2D eigenvalue weighted by atomic mass is 19.4. The maximum absolute atomic E-state index is 13.3. The van der Waals surface area contributed by atoms with Crippen LogP contribution in [-0.2, 0) is 17.1 Å². The van der Waals surface area contributed by atoms with Gasteiger partial charge in [0.1, 0.15) is 11.4 Å². The van der Waals surface area contributed by atoms with Crippen LogP contribution in [0.2, 0.25) is 0 Å². The third-order valence-electron chi connectivity index (χ3n) is 4.64. The molecule has 1 amide bonds. The number of nitrogens with zero attached hydrogens (tertiary/aromatic N) is 5. The summed E-state index contributed by atoms with van der Waals surface area (Å²) in [4.78, 5) is 11.1. The molecule has 0 aliphatic heterocycles. The molecule has 1 N–H and O–H groups in total. The SMILES string of the molecule is CC(=O)Nc1ccc(-c2cn(-c3ccc(-n4nc(C(F)(F)F)cc4C(F)(F)F)cc3)nn2)cc1. The first kappa shape index (κ1) is 23.0. The maximum Gasteiger partial charge on any atom is 0.435 e. The zero-order valence-electron chi connectivity index (χ0n) is 17.2. The number of benzene rings is 2. The number of aromatic nitrogens is 5. The van der Waals surface area contributed by atoms with E-state index in [9.17, 15) is 31.1 Å². The Hall–Kier alpha value is -4.16. The third kappa shape index (κ3) is 4.77. The minimum absolute atomic E-state index is 0.0329. The van der Waals surface area contributed by atoms with Gasteiger partial charge in [0.05, 0.1) is 17.6 Å². The van der Waals surface area contributed by atoms with Crippen molar-refractivity contribution in [3.63, 3.8) is 0 Å². The molecule has 34 heavy (non-hydrogen) atoms. The first-order chi connectivity index (χ1) is 15.9. The molecule has 0 aliphatic carbocycles. The van der Waals surface area contributed by atoms with E-state index < -0.39 is 23.7 Å². The normalized spacial score (nSPS) is 12.1. The van der Waals surface area contributed by atoms with Crippen molar-refractivity contribution in [2.75, 3.05) is 5.32 Å². The van der Waals surface area contributed by atoms with Crippen LogP contribution in [0.5, 0.6) is 0 Å². The van der Waals surface area contributed by atoms with Gasteiger partial charge in [-0.3, -0.25) is 4.79 Å². The molecule has 4 aromatic rings. The van der Waals surface area contributed by atoms with Crippen molar-refractivity contribution < 1.29 is 31.1 Å². The molecule has 2 aromatic heterocycles. The van der Waals surface area contributed by atoms with Gasteiger partial charge in [0.25, 0.3) is 0 Å². The zero-order valence-corrected chi connectivity index (χ0v) is 17.2. The fraction of sp³-hybridized carbons (Fsp3) is 0.143. The molecule has 4 rings (SSSR count). The summed E-state index contributed by atoms with van der Waals surface area (Å²) in [7, 11) is 0. The number of nitrogens with one attached hydrogen (secondary N) is 1. The van der Waals surface area contributed by atoms with E-state index in [4.69, 9.17) is 0 Å². The number of rotatable bonds is 4. The van der Waals surface area contributed by atoms with Crippen LogP contribution in [0.25, 0.3) is 22.6 Å². The molecule has 0 atom stereocenters. The first-order valence-electron chi connectivity index (χ1n) is 9.57. The summed E-state index contributed by atoms with van der Waals surface area (Å²) >= 11 is 0. The molecule has 2 heterocycles. The third-order valence-corrected chi connectivity index (χ3v) is 4.64. The number of carbonyl (C=O) groups is 1. The van der Waals surface area contributed by atoms with E-state index in [-0.39, 0.29) is 22.3 Å². The van der Waals surface area contributed by atoms with E-state index in [1.807, 2.05) is 0 Å². The monoisotopic (exact) mass is 480 g/mol. The van der Waals surface area contributed by atoms with Crippen LogP contribution < -0.4 is 5.32 Å². The summed E-state index contributed by atoms with van der Waals surface area (Å²) in [5, 5.41) is 13.8. The van der Waals surface area contributed by atoms with Crippen LogP contribution in [0.1, 0.15) is 18.3 Å². The summed E-state index contributed by atoms with van der Waals surface area (Å²) in [6.07, 6.45) is -8.49. The summed E-state index contributed by atoms with van der Waals surface area (Å²) < 4.78 is 80.1. The van der Waals surface area contributed by atoms with E-state index in [2.05, 4.69) is 20.7 Å². The maximum atomic E-state index is 13.3. The van der Waals surface area contributed by atoms with Crippen LogP contribution in [-0.4, -0.2) is 30.7 Å². The molecule has 0 spiro atoms. The molecule has 0 fully saturated rings. The smallest absolute Gasteiger partial charge is 0.326 e. The van der Waals surface area contributed by atoms with Gasteiger partial charge in [-0.05, 0) is 36.4 Å². The fourth-order valence-electron chi connectivity index (χ4n) is 3.11. The Labute approximate surface area is 187 Å². The van der Waals surface area contributed by atoms with Crippen molar-refractivity contribution in [2.24, 2.45) is 0 Å². The second kappa shape index (κ2) is 8.32. The van der Waals surface area contributed by atoms with Crippen LogP contribution in [0.15, 0.2) is 60.8 Å². The van der Waals surface area contributed by atoms with Crippen molar-refractivity contribution >= 4 is 11.6 Å². The van der Waals surface area contributed by atoms with Gasteiger partial charge in [0, 0.05) is 24.2 Å². The van der Waals surface area contributed by atoms with Gasteiger partial charge in [0.15, 0.2) is 5.69 Å². The predicted molar refractivity (Wildman–Crippen MR) is 108 cm³/mol. The molecule has 0 saturated heterocycles. The predicted octanol–water partition coefficient (Wildman–Crippen LogP) is 5.12. The Kier molecular flexibility index (Phi) is 5.63. The van der Waals surface area contributed by atoms with E-state index in [1.54, 1.807) is 30.5 Å². The van der Waals surface area contributed by atoms with E-state index >= 15 is 0 Å². The van der Waals surface area contributed by atoms with Gasteiger partial charge < -0.3 is 5.32 Å². The largest absolute Gasteiger partial charge is 0.435 e. The van der Waals surface area contributed by atoms with Crippen LogP contribution in [0.4, 0.5) is 32.0 Å². The summed E-state index contributed by atoms with van der Waals surface area (Å²) in [6.45, 7) is 1.39. The standard InChI is InChI=1S/C21H14F6N6O/c1-12(34)28-14-4-2-13(3-5-14)17-11-32(31-29-17)15-6-8-16(9-7-15)33-19(21(25,26)27)10-18(30-33)20(22,23)24/h2-11H,1H3,(H,28,34). The van der Waals surface area contributed by atoms with Crippen molar-refractivity contribution in [2.45, 2.75) is 19.3 Å². The van der Waals surface area contributed by atoms with Gasteiger partial charge in [-0.1, -0.05) is 17.3 Å². The number of anilines is 1. The molecule has 7 nitrogen and oxygen atoms in total. The molecule has 0 aliphatic rings. The van der Waals surface area contributed by atoms with Gasteiger partial charge in [-0.25, -0.2) is 9.36 Å². The Morgan fingerprint density at radius 1 is 0.882 bits per heavy atom. The number of hydrogen-bond donors (Lipinski definition) is 1. The molecule has 0 radical (unpaired) electrons. The Morgan fingerprint density at radius 2 is 1.50 bits per heavy atom. The van der Waals surface area contributed by atoms with Crippen LogP contribution in [0.3, 0.4) is 0 Å². The molecule has 0 saturated carbocycles. The second-order valence-corrected chi connectivity index (χ2v) is 7.15. The van der Waals surface area contributed by atoms with E-state index in [0.29, 0.717) is 22.6 Å². The van der Waals surface area contributed by atoms with E-state index in [0.717, 1.165) is 0 Å². The van der Waals surface area contributed by atoms with Gasteiger partial charge in [0.2, 0.25) is 5.91 Å². The molecule has 13 heteroatoms. The second-order valence-electron chi connectivity index (χ2n) is 7.15. The number of alkyl halides is 6. The van der Waals surface area contributed by atoms with Gasteiger partial charge in [-0.15, -0.1) is 5.10 Å². The number of amides is 1. The Morgan fingerprint density at radius 3 is 2.06 bits per heavy atom. The summed E-state index contributed by atoms with van der Waals surface area (Å²) in [6, 6.07) is 11.9. The average Bonchev–Trinajstić information content (AvgIpc) is 3.42. The minimum Gasteiger partial charge on any atom is -0.326 e. The quantitative estimate of drug-likeness (QED) is 0.412. The molecular weight excluding hydrogens is 466 g/mol. The number of halogens is 6. The van der Waals surface area contributed by atoms with E-state index in [1.165, 1.54) is 35.9 Å². The summed E-state index contributed by atoms with van der Waals surface area (Å²) in [5.41, 5.74) is -1.20. The Bertz CT molecular complexity index is 1320. The lowest BCUT2D eigenvalue weighted by atomic mass is 10.1.